The number of carbonyl (C=O) groups excluding carboxylic acids is 3. The van der Waals surface area contributed by atoms with Gasteiger partial charge in [0.25, 0.3) is 5.91 Å². The Bertz CT molecular complexity index is 1180. The first kappa shape index (κ1) is 23.7. The Hall–Kier alpha value is -3.98. The van der Waals surface area contributed by atoms with Gasteiger partial charge in [-0.2, -0.15) is 5.10 Å². The van der Waals surface area contributed by atoms with Crippen LogP contribution in [0, 0.1) is 0 Å². The Morgan fingerprint density at radius 1 is 0.909 bits per heavy atom. The highest BCUT2D eigenvalue weighted by Crippen LogP contribution is 2.19. The molecule has 0 bridgehead atoms. The molecule has 3 aromatic carbocycles. The molecule has 0 fully saturated rings. The second-order valence-corrected chi connectivity index (χ2v) is 7.55. The van der Waals surface area contributed by atoms with E-state index in [9.17, 15) is 14.4 Å². The van der Waals surface area contributed by atoms with Gasteiger partial charge in [0.1, 0.15) is 5.75 Å². The standard InChI is InChI=1S/C24H21BrN4O4/c1-2-33-21-10-6-3-7-16(21)15-26-29-24(32)23(31)28-20-9-5-4-8-19(20)22(30)27-18-13-11-17(25)12-14-18/h3-15H,2H2,1H3,(H,27,30)(H,28,31)(H,29,32)/b26-15+. The third kappa shape index (κ3) is 6.75. The number of hydrogen-bond donors (Lipinski definition) is 3. The minimum atomic E-state index is -0.983. The summed E-state index contributed by atoms with van der Waals surface area (Å²) in [5, 5.41) is 9.02. The highest BCUT2D eigenvalue weighted by atomic mass is 79.9. The zero-order valence-electron chi connectivity index (χ0n) is 17.7. The van der Waals surface area contributed by atoms with Crippen molar-refractivity contribution in [1.29, 1.82) is 0 Å². The zero-order valence-corrected chi connectivity index (χ0v) is 19.3. The molecule has 3 N–H and O–H groups in total. The Balaban J connectivity index is 1.64. The zero-order chi connectivity index (χ0) is 23.6. The predicted octanol–water partition coefficient (Wildman–Crippen LogP) is 4.19. The van der Waals surface area contributed by atoms with E-state index in [0.717, 1.165) is 4.47 Å². The number of hydrazone groups is 1. The van der Waals surface area contributed by atoms with E-state index in [1.54, 1.807) is 60.7 Å². The first-order valence-corrected chi connectivity index (χ1v) is 10.8. The fourth-order valence-electron chi connectivity index (χ4n) is 2.79. The van der Waals surface area contributed by atoms with E-state index in [0.29, 0.717) is 23.6 Å². The van der Waals surface area contributed by atoms with E-state index < -0.39 is 17.7 Å². The molecule has 0 saturated heterocycles. The van der Waals surface area contributed by atoms with Crippen molar-refractivity contribution >= 4 is 51.2 Å². The van der Waals surface area contributed by atoms with Gasteiger partial charge >= 0.3 is 11.8 Å². The molecule has 33 heavy (non-hydrogen) atoms. The van der Waals surface area contributed by atoms with Gasteiger partial charge < -0.3 is 15.4 Å². The third-order valence-electron chi connectivity index (χ3n) is 4.32. The molecule has 168 valence electrons. The molecule has 0 aliphatic rings. The summed E-state index contributed by atoms with van der Waals surface area (Å²) in [6, 6.07) is 20.6. The highest BCUT2D eigenvalue weighted by molar-refractivity contribution is 9.10. The Morgan fingerprint density at radius 2 is 1.61 bits per heavy atom. The molecule has 0 aliphatic carbocycles. The van der Waals surface area contributed by atoms with Crippen LogP contribution in [0.25, 0.3) is 0 Å². The van der Waals surface area contributed by atoms with Crippen molar-refractivity contribution in [2.75, 3.05) is 17.2 Å². The molecule has 0 heterocycles. The van der Waals surface area contributed by atoms with Gasteiger partial charge in [0.2, 0.25) is 0 Å². The number of rotatable bonds is 7. The number of carbonyl (C=O) groups is 3. The van der Waals surface area contributed by atoms with E-state index in [1.807, 2.05) is 13.0 Å². The van der Waals surface area contributed by atoms with Crippen LogP contribution in [0.5, 0.6) is 5.75 Å². The van der Waals surface area contributed by atoms with Crippen LogP contribution >= 0.6 is 15.9 Å². The van der Waals surface area contributed by atoms with Crippen LogP contribution in [-0.2, 0) is 9.59 Å². The molecule has 0 aliphatic heterocycles. The maximum Gasteiger partial charge on any atom is 0.329 e. The minimum absolute atomic E-state index is 0.193. The van der Waals surface area contributed by atoms with Crippen molar-refractivity contribution < 1.29 is 19.1 Å². The van der Waals surface area contributed by atoms with Crippen molar-refractivity contribution in [2.24, 2.45) is 5.10 Å². The second-order valence-electron chi connectivity index (χ2n) is 6.63. The summed E-state index contributed by atoms with van der Waals surface area (Å²) in [4.78, 5) is 37.2. The Morgan fingerprint density at radius 3 is 2.36 bits per heavy atom. The van der Waals surface area contributed by atoms with E-state index in [-0.39, 0.29) is 11.3 Å². The number of nitrogens with one attached hydrogen (secondary N) is 3. The van der Waals surface area contributed by atoms with Gasteiger partial charge in [-0.05, 0) is 55.5 Å². The molecule has 0 aromatic heterocycles. The Labute approximate surface area is 199 Å². The van der Waals surface area contributed by atoms with E-state index in [1.165, 1.54) is 12.3 Å². The predicted molar refractivity (Wildman–Crippen MR) is 131 cm³/mol. The summed E-state index contributed by atoms with van der Waals surface area (Å²) in [5.74, 6) is -1.77. The van der Waals surface area contributed by atoms with Gasteiger partial charge in [0, 0.05) is 15.7 Å². The molecule has 0 atom stereocenters. The maximum absolute atomic E-state index is 12.7. The SMILES string of the molecule is CCOc1ccccc1/C=N/NC(=O)C(=O)Nc1ccccc1C(=O)Nc1ccc(Br)cc1. The molecular formula is C24H21BrN4O4. The molecule has 3 aromatic rings. The highest BCUT2D eigenvalue weighted by Gasteiger charge is 2.18. The lowest BCUT2D eigenvalue weighted by molar-refractivity contribution is -0.136. The molecular weight excluding hydrogens is 488 g/mol. The average Bonchev–Trinajstić information content (AvgIpc) is 2.82. The third-order valence-corrected chi connectivity index (χ3v) is 4.85. The van der Waals surface area contributed by atoms with Crippen molar-refractivity contribution in [3.63, 3.8) is 0 Å². The van der Waals surface area contributed by atoms with Crippen LogP contribution in [0.4, 0.5) is 11.4 Å². The molecule has 0 unspecified atom stereocenters. The molecule has 0 radical (unpaired) electrons. The van der Waals surface area contributed by atoms with Crippen LogP contribution in [0.2, 0.25) is 0 Å². The lowest BCUT2D eigenvalue weighted by atomic mass is 10.1. The second kappa shape index (κ2) is 11.6. The number of anilines is 2. The topological polar surface area (TPSA) is 109 Å². The molecule has 9 heteroatoms. The summed E-state index contributed by atoms with van der Waals surface area (Å²) in [5.41, 5.74) is 3.80. The van der Waals surface area contributed by atoms with Crippen LogP contribution in [0.3, 0.4) is 0 Å². The normalized spacial score (nSPS) is 10.5. The van der Waals surface area contributed by atoms with E-state index in [2.05, 4.69) is 37.1 Å². The smallest absolute Gasteiger partial charge is 0.329 e. The number of benzene rings is 3. The molecule has 3 amide bonds. The summed E-state index contributed by atoms with van der Waals surface area (Å²) in [6.07, 6.45) is 1.38. The first-order chi connectivity index (χ1) is 16.0. The summed E-state index contributed by atoms with van der Waals surface area (Å²) in [6.45, 7) is 2.34. The number of hydrogen-bond acceptors (Lipinski definition) is 5. The van der Waals surface area contributed by atoms with Gasteiger partial charge in [-0.25, -0.2) is 5.43 Å². The lowest BCUT2D eigenvalue weighted by Gasteiger charge is -2.11. The first-order valence-electron chi connectivity index (χ1n) is 10.00. The molecule has 8 nitrogen and oxygen atoms in total. The molecule has 3 rings (SSSR count). The quantitative estimate of drug-likeness (QED) is 0.252. The fourth-order valence-corrected chi connectivity index (χ4v) is 3.05. The number of ether oxygens (including phenoxy) is 1. The van der Waals surface area contributed by atoms with Crippen molar-refractivity contribution in [3.8, 4) is 5.75 Å². The van der Waals surface area contributed by atoms with E-state index in [4.69, 9.17) is 4.74 Å². The van der Waals surface area contributed by atoms with Gasteiger partial charge in [0.15, 0.2) is 0 Å². The van der Waals surface area contributed by atoms with Gasteiger partial charge in [0.05, 0.1) is 24.1 Å². The molecule has 0 spiro atoms. The maximum atomic E-state index is 12.7. The number of halogens is 1. The van der Waals surface area contributed by atoms with Crippen LogP contribution < -0.4 is 20.8 Å². The fraction of sp³-hybridized carbons (Fsp3) is 0.0833. The summed E-state index contributed by atoms with van der Waals surface area (Å²) >= 11 is 3.34. The summed E-state index contributed by atoms with van der Waals surface area (Å²) in [7, 11) is 0. The minimum Gasteiger partial charge on any atom is -0.493 e. The van der Waals surface area contributed by atoms with Crippen molar-refractivity contribution in [1.82, 2.24) is 5.43 Å². The van der Waals surface area contributed by atoms with Gasteiger partial charge in [-0.15, -0.1) is 0 Å². The van der Waals surface area contributed by atoms with Crippen molar-refractivity contribution in [3.05, 3.63) is 88.4 Å². The van der Waals surface area contributed by atoms with Crippen molar-refractivity contribution in [2.45, 2.75) is 6.92 Å². The van der Waals surface area contributed by atoms with E-state index >= 15 is 0 Å². The number of nitrogens with zero attached hydrogens (tertiary/aromatic N) is 1. The van der Waals surface area contributed by atoms with Crippen LogP contribution in [-0.4, -0.2) is 30.5 Å². The number of amides is 3. The number of para-hydroxylation sites is 2. The monoisotopic (exact) mass is 508 g/mol. The largest absolute Gasteiger partial charge is 0.493 e. The average molecular weight is 509 g/mol. The van der Waals surface area contributed by atoms with Gasteiger partial charge in [-0.1, -0.05) is 40.2 Å². The molecule has 0 saturated carbocycles. The van der Waals surface area contributed by atoms with Crippen LogP contribution in [0.1, 0.15) is 22.8 Å². The van der Waals surface area contributed by atoms with Crippen LogP contribution in [0.15, 0.2) is 82.4 Å². The Kier molecular flexibility index (Phi) is 8.31. The van der Waals surface area contributed by atoms with Gasteiger partial charge in [-0.3, -0.25) is 14.4 Å². The lowest BCUT2D eigenvalue weighted by Crippen LogP contribution is -2.33. The summed E-state index contributed by atoms with van der Waals surface area (Å²) < 4.78 is 6.36.